The third-order valence-electron chi connectivity index (χ3n) is 5.08. The summed E-state index contributed by atoms with van der Waals surface area (Å²) in [5.41, 5.74) is 2.46. The van der Waals surface area contributed by atoms with Crippen LogP contribution < -0.4 is 5.32 Å². The van der Waals surface area contributed by atoms with Gasteiger partial charge >= 0.3 is 0 Å². The summed E-state index contributed by atoms with van der Waals surface area (Å²) >= 11 is 0. The van der Waals surface area contributed by atoms with E-state index in [9.17, 15) is 4.79 Å². The number of hydrogen-bond donors (Lipinski definition) is 1. The Morgan fingerprint density at radius 3 is 2.23 bits per heavy atom. The van der Waals surface area contributed by atoms with Crippen LogP contribution in [0, 0.1) is 6.92 Å². The van der Waals surface area contributed by atoms with Crippen molar-refractivity contribution in [2.45, 2.75) is 57.4 Å². The van der Waals surface area contributed by atoms with E-state index < -0.39 is 0 Å². The van der Waals surface area contributed by atoms with E-state index in [0.717, 1.165) is 12.1 Å². The van der Waals surface area contributed by atoms with Crippen LogP contribution in [0.4, 0.5) is 0 Å². The second kappa shape index (κ2) is 7.77. The highest BCUT2D eigenvalue weighted by Gasteiger charge is 2.33. The molecule has 1 aromatic carbocycles. The lowest BCUT2D eigenvalue weighted by molar-refractivity contribution is -0.121. The maximum Gasteiger partial charge on any atom is 0.224 e. The van der Waals surface area contributed by atoms with Crippen LogP contribution >= 0.6 is 0 Å². The summed E-state index contributed by atoms with van der Waals surface area (Å²) in [7, 11) is 4.30. The molecule has 1 aliphatic carbocycles. The van der Waals surface area contributed by atoms with Gasteiger partial charge in [-0.15, -0.1) is 0 Å². The fourth-order valence-corrected chi connectivity index (χ4v) is 3.39. The summed E-state index contributed by atoms with van der Waals surface area (Å²) in [6.45, 7) is 2.83. The molecule has 22 heavy (non-hydrogen) atoms. The Morgan fingerprint density at radius 1 is 1.09 bits per heavy atom. The molecule has 3 heteroatoms. The SMILES string of the molecule is Cc1ccc(CC(=O)NCC2(N(C)C)CCCCCC2)cc1. The normalized spacial score (nSPS) is 18.0. The third kappa shape index (κ3) is 4.57. The summed E-state index contributed by atoms with van der Waals surface area (Å²) in [6.07, 6.45) is 8.04. The minimum atomic E-state index is 0.134. The van der Waals surface area contributed by atoms with Gasteiger partial charge in [-0.25, -0.2) is 0 Å². The van der Waals surface area contributed by atoms with Gasteiger partial charge in [0.15, 0.2) is 0 Å². The molecule has 1 fully saturated rings. The lowest BCUT2D eigenvalue weighted by atomic mass is 9.88. The zero-order valence-corrected chi connectivity index (χ0v) is 14.3. The van der Waals surface area contributed by atoms with Gasteiger partial charge in [0.2, 0.25) is 5.91 Å². The Kier molecular flexibility index (Phi) is 6.01. The molecule has 0 bridgehead atoms. The second-order valence-electron chi connectivity index (χ2n) is 6.97. The Balaban J connectivity index is 1.91. The first kappa shape index (κ1) is 17.0. The quantitative estimate of drug-likeness (QED) is 0.846. The zero-order chi connectivity index (χ0) is 16.0. The van der Waals surface area contributed by atoms with E-state index in [1.165, 1.54) is 44.1 Å². The molecular formula is C19H30N2O. The maximum atomic E-state index is 12.3. The minimum Gasteiger partial charge on any atom is -0.354 e. The van der Waals surface area contributed by atoms with E-state index >= 15 is 0 Å². The average Bonchev–Trinajstić information content (AvgIpc) is 2.74. The van der Waals surface area contributed by atoms with Crippen molar-refractivity contribution in [2.75, 3.05) is 20.6 Å². The molecule has 3 nitrogen and oxygen atoms in total. The van der Waals surface area contributed by atoms with Crippen LogP contribution in [0.3, 0.4) is 0 Å². The van der Waals surface area contributed by atoms with Crippen LogP contribution in [-0.4, -0.2) is 37.0 Å². The number of amides is 1. The molecule has 0 spiro atoms. The van der Waals surface area contributed by atoms with Crippen LogP contribution in [0.2, 0.25) is 0 Å². The molecule has 0 aromatic heterocycles. The molecule has 122 valence electrons. The second-order valence-corrected chi connectivity index (χ2v) is 6.97. The summed E-state index contributed by atoms with van der Waals surface area (Å²) in [6, 6.07) is 8.22. The number of nitrogens with one attached hydrogen (secondary N) is 1. The standard InChI is InChI=1S/C19H30N2O/c1-16-8-10-17(11-9-16)14-18(22)20-15-19(21(2)3)12-6-4-5-7-13-19/h8-11H,4-7,12-15H2,1-3H3,(H,20,22). The van der Waals surface area contributed by atoms with Crippen molar-refractivity contribution in [1.29, 1.82) is 0 Å². The lowest BCUT2D eigenvalue weighted by Gasteiger charge is -2.39. The minimum absolute atomic E-state index is 0.134. The van der Waals surface area contributed by atoms with Gasteiger partial charge in [-0.05, 0) is 39.4 Å². The van der Waals surface area contributed by atoms with Crippen LogP contribution in [0.15, 0.2) is 24.3 Å². The van der Waals surface area contributed by atoms with Crippen molar-refractivity contribution in [3.8, 4) is 0 Å². The molecular weight excluding hydrogens is 272 g/mol. The van der Waals surface area contributed by atoms with E-state index in [4.69, 9.17) is 0 Å². The van der Waals surface area contributed by atoms with Crippen LogP contribution in [0.25, 0.3) is 0 Å². The molecule has 0 heterocycles. The van der Waals surface area contributed by atoms with Gasteiger partial charge in [0.05, 0.1) is 6.42 Å². The molecule has 1 aromatic rings. The number of benzene rings is 1. The van der Waals surface area contributed by atoms with Crippen molar-refractivity contribution in [1.82, 2.24) is 10.2 Å². The largest absolute Gasteiger partial charge is 0.354 e. The topological polar surface area (TPSA) is 32.3 Å². The fraction of sp³-hybridized carbons (Fsp3) is 0.632. The van der Waals surface area contributed by atoms with Gasteiger partial charge in [0.25, 0.3) is 0 Å². The van der Waals surface area contributed by atoms with Crippen molar-refractivity contribution in [2.24, 2.45) is 0 Å². The van der Waals surface area contributed by atoms with E-state index in [2.05, 4.69) is 43.4 Å². The van der Waals surface area contributed by atoms with E-state index in [1.807, 2.05) is 12.1 Å². The lowest BCUT2D eigenvalue weighted by Crippen LogP contribution is -2.52. The molecule has 0 saturated heterocycles. The Labute approximate surface area is 135 Å². The van der Waals surface area contributed by atoms with Crippen molar-refractivity contribution in [3.63, 3.8) is 0 Å². The number of carbonyl (C=O) groups excluding carboxylic acids is 1. The molecule has 0 unspecified atom stereocenters. The van der Waals surface area contributed by atoms with Crippen LogP contribution in [-0.2, 0) is 11.2 Å². The van der Waals surface area contributed by atoms with Crippen LogP contribution in [0.1, 0.15) is 49.7 Å². The first-order valence-corrected chi connectivity index (χ1v) is 8.51. The molecule has 1 aliphatic rings. The summed E-state index contributed by atoms with van der Waals surface area (Å²) in [5, 5.41) is 3.18. The smallest absolute Gasteiger partial charge is 0.224 e. The third-order valence-corrected chi connectivity index (χ3v) is 5.08. The Bertz CT molecular complexity index is 471. The number of rotatable bonds is 5. The highest BCUT2D eigenvalue weighted by molar-refractivity contribution is 5.78. The molecule has 0 aliphatic heterocycles. The number of likely N-dealkylation sites (N-methyl/N-ethyl adjacent to an activating group) is 1. The fourth-order valence-electron chi connectivity index (χ4n) is 3.39. The average molecular weight is 302 g/mol. The molecule has 1 N–H and O–H groups in total. The van der Waals surface area contributed by atoms with Gasteiger partial charge in [-0.3, -0.25) is 4.79 Å². The van der Waals surface area contributed by atoms with Gasteiger partial charge in [-0.2, -0.15) is 0 Å². The number of carbonyl (C=O) groups is 1. The summed E-state index contributed by atoms with van der Waals surface area (Å²) in [4.78, 5) is 14.6. The molecule has 0 atom stereocenters. The monoisotopic (exact) mass is 302 g/mol. The van der Waals surface area contributed by atoms with Crippen molar-refractivity contribution < 1.29 is 4.79 Å². The number of nitrogens with zero attached hydrogens (tertiary/aromatic N) is 1. The van der Waals surface area contributed by atoms with Crippen molar-refractivity contribution >= 4 is 5.91 Å². The number of hydrogen-bond acceptors (Lipinski definition) is 2. The number of aryl methyl sites for hydroxylation is 1. The summed E-state index contributed by atoms with van der Waals surface area (Å²) in [5.74, 6) is 0.134. The maximum absolute atomic E-state index is 12.3. The Hall–Kier alpha value is -1.35. The summed E-state index contributed by atoms with van der Waals surface area (Å²) < 4.78 is 0. The van der Waals surface area contributed by atoms with Crippen LogP contribution in [0.5, 0.6) is 0 Å². The first-order chi connectivity index (χ1) is 10.5. The molecule has 2 rings (SSSR count). The van der Waals surface area contributed by atoms with Gasteiger partial charge in [0.1, 0.15) is 0 Å². The van der Waals surface area contributed by atoms with Gasteiger partial charge < -0.3 is 10.2 Å². The van der Waals surface area contributed by atoms with Crippen molar-refractivity contribution in [3.05, 3.63) is 35.4 Å². The molecule has 1 saturated carbocycles. The molecule has 1 amide bonds. The van der Waals surface area contributed by atoms with E-state index in [-0.39, 0.29) is 11.4 Å². The molecule has 0 radical (unpaired) electrons. The first-order valence-electron chi connectivity index (χ1n) is 8.51. The zero-order valence-electron chi connectivity index (χ0n) is 14.3. The Morgan fingerprint density at radius 2 is 1.68 bits per heavy atom. The highest BCUT2D eigenvalue weighted by atomic mass is 16.1. The predicted molar refractivity (Wildman–Crippen MR) is 92.0 cm³/mol. The van der Waals surface area contributed by atoms with Gasteiger partial charge in [-0.1, -0.05) is 55.5 Å². The van der Waals surface area contributed by atoms with Gasteiger partial charge in [0, 0.05) is 12.1 Å². The van der Waals surface area contributed by atoms with E-state index in [1.54, 1.807) is 0 Å². The predicted octanol–water partition coefficient (Wildman–Crippen LogP) is 3.31. The van der Waals surface area contributed by atoms with E-state index in [0.29, 0.717) is 6.42 Å². The highest BCUT2D eigenvalue weighted by Crippen LogP contribution is 2.30.